The molecule has 2 heteroatoms. The zero-order valence-electron chi connectivity index (χ0n) is 11.1. The van der Waals surface area contributed by atoms with Crippen molar-refractivity contribution >= 4 is 5.91 Å². The summed E-state index contributed by atoms with van der Waals surface area (Å²) in [7, 11) is 0. The topological polar surface area (TPSA) is 29.1 Å². The number of aryl methyl sites for hydroxylation is 1. The van der Waals surface area contributed by atoms with Crippen molar-refractivity contribution in [3.05, 3.63) is 41.9 Å². The number of nitrogens with one attached hydrogen (secondary N) is 1. The van der Waals surface area contributed by atoms with Gasteiger partial charge in [-0.2, -0.15) is 0 Å². The first kappa shape index (κ1) is 13.1. The first-order valence-corrected chi connectivity index (χ1v) is 6.93. The van der Waals surface area contributed by atoms with E-state index in [1.54, 1.807) is 0 Å². The van der Waals surface area contributed by atoms with Crippen molar-refractivity contribution in [2.24, 2.45) is 5.92 Å². The van der Waals surface area contributed by atoms with Crippen LogP contribution in [0.5, 0.6) is 0 Å². The third-order valence-corrected chi connectivity index (χ3v) is 3.68. The van der Waals surface area contributed by atoms with Crippen molar-refractivity contribution in [1.29, 1.82) is 0 Å². The highest BCUT2D eigenvalue weighted by Crippen LogP contribution is 2.23. The van der Waals surface area contributed by atoms with Crippen molar-refractivity contribution < 1.29 is 4.79 Å². The summed E-state index contributed by atoms with van der Waals surface area (Å²) in [6.07, 6.45) is 6.62. The molecule has 0 spiro atoms. The molecule has 18 heavy (non-hydrogen) atoms. The Bertz CT molecular complexity index is 377. The number of hydrogen-bond acceptors (Lipinski definition) is 1. The molecule has 0 aliphatic heterocycles. The molecule has 2 nitrogen and oxygen atoms in total. The van der Waals surface area contributed by atoms with Crippen molar-refractivity contribution in [3.63, 3.8) is 0 Å². The van der Waals surface area contributed by atoms with Gasteiger partial charge in [-0.3, -0.25) is 4.79 Å². The Balaban J connectivity index is 1.71. The van der Waals surface area contributed by atoms with E-state index in [1.165, 1.54) is 30.4 Å². The predicted octanol–water partition coefficient (Wildman–Crippen LogP) is 3.40. The smallest absolute Gasteiger partial charge is 0.223 e. The van der Waals surface area contributed by atoms with E-state index in [9.17, 15) is 4.79 Å². The van der Waals surface area contributed by atoms with E-state index < -0.39 is 0 Å². The molecule has 1 aromatic rings. The molecule has 1 radical (unpaired) electrons. The quantitative estimate of drug-likeness (QED) is 0.864. The molecule has 0 unspecified atom stereocenters. The van der Waals surface area contributed by atoms with Gasteiger partial charge in [-0.05, 0) is 31.7 Å². The summed E-state index contributed by atoms with van der Waals surface area (Å²) in [5.74, 6) is 0.454. The first-order chi connectivity index (χ1) is 8.75. The molecule has 1 fully saturated rings. The number of carbonyl (C=O) groups excluding carboxylic acids is 1. The fourth-order valence-corrected chi connectivity index (χ4v) is 2.48. The standard InChI is InChI=1S/C16H22NO/c1-13-7-9-14(10-8-13)11-12-17-16(18)15-5-3-2-4-6-15/h7-10,12,15H,2-6,11H2,1H3,(H,17,18). The molecule has 0 bridgehead atoms. The molecule has 0 saturated heterocycles. The van der Waals surface area contributed by atoms with E-state index in [2.05, 4.69) is 36.5 Å². The second-order valence-corrected chi connectivity index (χ2v) is 5.24. The van der Waals surface area contributed by atoms with E-state index in [0.29, 0.717) is 0 Å². The minimum atomic E-state index is 0.210. The maximum Gasteiger partial charge on any atom is 0.223 e. The van der Waals surface area contributed by atoms with Gasteiger partial charge in [0.25, 0.3) is 0 Å². The summed E-state index contributed by atoms with van der Waals surface area (Å²) < 4.78 is 0. The van der Waals surface area contributed by atoms with E-state index in [1.807, 2.05) is 6.54 Å². The molecule has 1 aromatic carbocycles. The third-order valence-electron chi connectivity index (χ3n) is 3.68. The second-order valence-electron chi connectivity index (χ2n) is 5.24. The predicted molar refractivity (Wildman–Crippen MR) is 73.9 cm³/mol. The largest absolute Gasteiger partial charge is 0.351 e. The summed E-state index contributed by atoms with van der Waals surface area (Å²) in [5, 5.41) is 2.95. The lowest BCUT2D eigenvalue weighted by Gasteiger charge is -2.20. The summed E-state index contributed by atoms with van der Waals surface area (Å²) >= 11 is 0. The molecule has 0 heterocycles. The fourth-order valence-electron chi connectivity index (χ4n) is 2.48. The van der Waals surface area contributed by atoms with Crippen LogP contribution in [-0.2, 0) is 11.2 Å². The molecule has 2 rings (SSSR count). The monoisotopic (exact) mass is 244 g/mol. The average Bonchev–Trinajstić information content (AvgIpc) is 2.42. The Morgan fingerprint density at radius 2 is 1.89 bits per heavy atom. The van der Waals surface area contributed by atoms with Crippen LogP contribution in [0.1, 0.15) is 43.2 Å². The lowest BCUT2D eigenvalue weighted by molar-refractivity contribution is -0.125. The van der Waals surface area contributed by atoms with Gasteiger partial charge in [0.1, 0.15) is 0 Å². The van der Waals surface area contributed by atoms with Crippen molar-refractivity contribution in [2.45, 2.75) is 45.4 Å². The van der Waals surface area contributed by atoms with E-state index >= 15 is 0 Å². The SMILES string of the molecule is Cc1ccc(C[CH]NC(=O)C2CCCCC2)cc1. The van der Waals surface area contributed by atoms with Crippen LogP contribution >= 0.6 is 0 Å². The van der Waals surface area contributed by atoms with Crippen LogP contribution in [0.3, 0.4) is 0 Å². The van der Waals surface area contributed by atoms with Crippen molar-refractivity contribution in [1.82, 2.24) is 5.32 Å². The van der Waals surface area contributed by atoms with E-state index in [-0.39, 0.29) is 11.8 Å². The van der Waals surface area contributed by atoms with Gasteiger partial charge in [-0.1, -0.05) is 49.1 Å². The maximum absolute atomic E-state index is 11.9. The van der Waals surface area contributed by atoms with Crippen LogP contribution in [0, 0.1) is 19.4 Å². The van der Waals surface area contributed by atoms with Gasteiger partial charge in [-0.15, -0.1) is 0 Å². The zero-order chi connectivity index (χ0) is 12.8. The Hall–Kier alpha value is -1.31. The van der Waals surface area contributed by atoms with Gasteiger partial charge in [0.05, 0.1) is 6.54 Å². The Labute approximate surface area is 110 Å². The molecular formula is C16H22NO. The fraction of sp³-hybridized carbons (Fsp3) is 0.500. The van der Waals surface area contributed by atoms with Crippen molar-refractivity contribution in [2.75, 3.05) is 0 Å². The van der Waals surface area contributed by atoms with Crippen LogP contribution in [0.15, 0.2) is 24.3 Å². The van der Waals surface area contributed by atoms with Crippen LogP contribution in [0.2, 0.25) is 0 Å². The molecule has 97 valence electrons. The molecule has 1 N–H and O–H groups in total. The highest BCUT2D eigenvalue weighted by atomic mass is 16.1. The Morgan fingerprint density at radius 1 is 1.22 bits per heavy atom. The molecule has 1 aliphatic rings. The van der Waals surface area contributed by atoms with Crippen LogP contribution < -0.4 is 5.32 Å². The molecule has 1 aliphatic carbocycles. The van der Waals surface area contributed by atoms with Gasteiger partial charge in [0.2, 0.25) is 5.91 Å². The van der Waals surface area contributed by atoms with E-state index in [0.717, 1.165) is 19.3 Å². The normalized spacial score (nSPS) is 16.5. The van der Waals surface area contributed by atoms with Crippen LogP contribution in [0.25, 0.3) is 0 Å². The van der Waals surface area contributed by atoms with Crippen LogP contribution in [0.4, 0.5) is 0 Å². The minimum Gasteiger partial charge on any atom is -0.351 e. The minimum absolute atomic E-state index is 0.210. The number of amides is 1. The van der Waals surface area contributed by atoms with Gasteiger partial charge in [0.15, 0.2) is 0 Å². The number of hydrogen-bond donors (Lipinski definition) is 1. The summed E-state index contributed by atoms with van der Waals surface area (Å²) in [6, 6.07) is 8.43. The summed E-state index contributed by atoms with van der Waals surface area (Å²) in [5.41, 5.74) is 2.51. The highest BCUT2D eigenvalue weighted by molar-refractivity contribution is 5.79. The number of rotatable bonds is 4. The average molecular weight is 244 g/mol. The molecule has 0 atom stereocenters. The van der Waals surface area contributed by atoms with Crippen LogP contribution in [-0.4, -0.2) is 5.91 Å². The van der Waals surface area contributed by atoms with Gasteiger partial charge < -0.3 is 5.32 Å². The summed E-state index contributed by atoms with van der Waals surface area (Å²) in [4.78, 5) is 11.9. The second kappa shape index (κ2) is 6.58. The van der Waals surface area contributed by atoms with Crippen molar-refractivity contribution in [3.8, 4) is 0 Å². The number of benzene rings is 1. The molecular weight excluding hydrogens is 222 g/mol. The van der Waals surface area contributed by atoms with E-state index in [4.69, 9.17) is 0 Å². The maximum atomic E-state index is 11.9. The van der Waals surface area contributed by atoms with Gasteiger partial charge >= 0.3 is 0 Å². The third kappa shape index (κ3) is 3.86. The first-order valence-electron chi connectivity index (χ1n) is 6.93. The number of carbonyl (C=O) groups is 1. The highest BCUT2D eigenvalue weighted by Gasteiger charge is 2.20. The summed E-state index contributed by atoms with van der Waals surface area (Å²) in [6.45, 7) is 3.97. The molecule has 1 saturated carbocycles. The Kier molecular flexibility index (Phi) is 4.80. The van der Waals surface area contributed by atoms with Gasteiger partial charge in [-0.25, -0.2) is 0 Å². The molecule has 1 amide bonds. The lowest BCUT2D eigenvalue weighted by atomic mass is 9.88. The molecule has 0 aromatic heterocycles. The Morgan fingerprint density at radius 3 is 2.56 bits per heavy atom. The lowest BCUT2D eigenvalue weighted by Crippen LogP contribution is -2.30. The van der Waals surface area contributed by atoms with Gasteiger partial charge in [0, 0.05) is 5.92 Å². The zero-order valence-corrected chi connectivity index (χ0v) is 11.1.